The van der Waals surface area contributed by atoms with Crippen molar-refractivity contribution in [2.75, 3.05) is 27.3 Å². The fourth-order valence-corrected chi connectivity index (χ4v) is 3.59. The normalized spacial score (nSPS) is 17.6. The Kier molecular flexibility index (Phi) is 7.14. The summed E-state index contributed by atoms with van der Waals surface area (Å²) in [5, 5.41) is 10.4. The Labute approximate surface area is 153 Å². The lowest BCUT2D eigenvalue weighted by molar-refractivity contribution is 0.0556. The number of hydrogen-bond acceptors (Lipinski definition) is 4. The third-order valence-corrected chi connectivity index (χ3v) is 5.12. The Hall–Kier alpha value is -1.26. The maximum Gasteiger partial charge on any atom is 0.123 e. The van der Waals surface area contributed by atoms with Gasteiger partial charge in [-0.05, 0) is 43.5 Å². The standard InChI is InChI=1S/C21H35NO3/c1-21(2,3)19-13-18(24-5)11-12-20(19)25-15-17(23)14-22(4)16-9-7-6-8-10-16/h11-13,16-17,23H,6-10,14-15H2,1-5H3/t17-/m0/s1. The second kappa shape index (κ2) is 8.91. The molecule has 0 heterocycles. The Bertz CT molecular complexity index is 532. The first kappa shape index (κ1) is 20.1. The summed E-state index contributed by atoms with van der Waals surface area (Å²) >= 11 is 0. The summed E-state index contributed by atoms with van der Waals surface area (Å²) in [4.78, 5) is 2.30. The molecule has 0 unspecified atom stereocenters. The number of likely N-dealkylation sites (N-methyl/N-ethyl adjacent to an activating group) is 1. The lowest BCUT2D eigenvalue weighted by atomic mass is 9.86. The fourth-order valence-electron chi connectivity index (χ4n) is 3.59. The number of aliphatic hydroxyl groups excluding tert-OH is 1. The van der Waals surface area contributed by atoms with Crippen LogP contribution in [-0.2, 0) is 5.41 Å². The van der Waals surface area contributed by atoms with Gasteiger partial charge in [0, 0.05) is 18.2 Å². The molecule has 25 heavy (non-hydrogen) atoms. The zero-order chi connectivity index (χ0) is 18.4. The number of ether oxygens (including phenoxy) is 2. The third-order valence-electron chi connectivity index (χ3n) is 5.12. The van der Waals surface area contributed by atoms with E-state index in [0.717, 1.165) is 17.1 Å². The van der Waals surface area contributed by atoms with Gasteiger partial charge in [-0.1, -0.05) is 40.0 Å². The van der Waals surface area contributed by atoms with Crippen molar-refractivity contribution >= 4 is 0 Å². The van der Waals surface area contributed by atoms with Crippen LogP contribution in [0.4, 0.5) is 0 Å². The van der Waals surface area contributed by atoms with E-state index in [9.17, 15) is 5.11 Å². The second-order valence-electron chi connectivity index (χ2n) is 8.31. The van der Waals surface area contributed by atoms with E-state index in [-0.39, 0.29) is 5.41 Å². The Morgan fingerprint density at radius 2 is 1.88 bits per heavy atom. The van der Waals surface area contributed by atoms with Crippen LogP contribution in [0.2, 0.25) is 0 Å². The van der Waals surface area contributed by atoms with E-state index in [1.54, 1.807) is 7.11 Å². The maximum absolute atomic E-state index is 10.4. The number of rotatable bonds is 7. The number of methoxy groups -OCH3 is 1. The highest BCUT2D eigenvalue weighted by molar-refractivity contribution is 5.44. The maximum atomic E-state index is 10.4. The first-order chi connectivity index (χ1) is 11.8. The third kappa shape index (κ3) is 5.89. The summed E-state index contributed by atoms with van der Waals surface area (Å²) in [7, 11) is 3.79. The highest BCUT2D eigenvalue weighted by atomic mass is 16.5. The number of nitrogens with zero attached hydrogens (tertiary/aromatic N) is 1. The molecule has 0 bridgehead atoms. The highest BCUT2D eigenvalue weighted by Crippen LogP contribution is 2.34. The lowest BCUT2D eigenvalue weighted by Crippen LogP contribution is -2.40. The summed E-state index contributed by atoms with van der Waals surface area (Å²) in [6.07, 6.45) is 5.98. The van der Waals surface area contributed by atoms with E-state index >= 15 is 0 Å². The Morgan fingerprint density at radius 3 is 2.48 bits per heavy atom. The van der Waals surface area contributed by atoms with Gasteiger partial charge in [0.25, 0.3) is 0 Å². The van der Waals surface area contributed by atoms with Gasteiger partial charge < -0.3 is 19.5 Å². The molecule has 4 nitrogen and oxygen atoms in total. The molecule has 1 fully saturated rings. The SMILES string of the molecule is COc1ccc(OC[C@@H](O)CN(C)C2CCCCC2)c(C(C)(C)C)c1. The zero-order valence-corrected chi connectivity index (χ0v) is 16.5. The van der Waals surface area contributed by atoms with Crippen LogP contribution in [0.1, 0.15) is 58.4 Å². The first-order valence-corrected chi connectivity index (χ1v) is 9.51. The summed E-state index contributed by atoms with van der Waals surface area (Å²) in [6, 6.07) is 6.48. The largest absolute Gasteiger partial charge is 0.497 e. The lowest BCUT2D eigenvalue weighted by Gasteiger charge is -2.32. The minimum absolute atomic E-state index is 0.0479. The predicted molar refractivity (Wildman–Crippen MR) is 103 cm³/mol. The molecular formula is C21H35NO3. The van der Waals surface area contributed by atoms with Crippen LogP contribution in [0.25, 0.3) is 0 Å². The fraction of sp³-hybridized carbons (Fsp3) is 0.714. The molecule has 0 saturated heterocycles. The monoisotopic (exact) mass is 349 g/mol. The van der Waals surface area contributed by atoms with E-state index in [0.29, 0.717) is 19.2 Å². The van der Waals surface area contributed by atoms with Crippen molar-refractivity contribution in [1.29, 1.82) is 0 Å². The molecule has 1 N–H and O–H groups in total. The topological polar surface area (TPSA) is 41.9 Å². The number of aliphatic hydroxyl groups is 1. The average molecular weight is 350 g/mol. The number of hydrogen-bond donors (Lipinski definition) is 1. The van der Waals surface area contributed by atoms with Gasteiger partial charge in [0.15, 0.2) is 0 Å². The van der Waals surface area contributed by atoms with Crippen molar-refractivity contribution in [3.63, 3.8) is 0 Å². The molecule has 1 saturated carbocycles. The van der Waals surface area contributed by atoms with E-state index in [4.69, 9.17) is 9.47 Å². The first-order valence-electron chi connectivity index (χ1n) is 9.51. The van der Waals surface area contributed by atoms with Crippen LogP contribution >= 0.6 is 0 Å². The van der Waals surface area contributed by atoms with Crippen LogP contribution in [-0.4, -0.2) is 49.5 Å². The summed E-state index contributed by atoms with van der Waals surface area (Å²) in [5.41, 5.74) is 1.05. The van der Waals surface area contributed by atoms with Crippen molar-refractivity contribution in [2.45, 2.75) is 70.4 Å². The van der Waals surface area contributed by atoms with Crippen molar-refractivity contribution < 1.29 is 14.6 Å². The molecule has 1 aliphatic rings. The van der Waals surface area contributed by atoms with Gasteiger partial charge in [0.1, 0.15) is 24.2 Å². The molecule has 142 valence electrons. The minimum Gasteiger partial charge on any atom is -0.497 e. The molecule has 0 aliphatic heterocycles. The summed E-state index contributed by atoms with van der Waals surface area (Å²) in [6.45, 7) is 7.43. The molecule has 0 amide bonds. The quantitative estimate of drug-likeness (QED) is 0.808. The minimum atomic E-state index is -0.484. The molecule has 1 atom stereocenters. The van der Waals surface area contributed by atoms with Crippen LogP contribution in [0.15, 0.2) is 18.2 Å². The Balaban J connectivity index is 1.93. The molecule has 0 radical (unpaired) electrons. The van der Waals surface area contributed by atoms with Gasteiger partial charge in [0.05, 0.1) is 7.11 Å². The van der Waals surface area contributed by atoms with Gasteiger partial charge in [-0.2, -0.15) is 0 Å². The van der Waals surface area contributed by atoms with Gasteiger partial charge in [-0.15, -0.1) is 0 Å². The molecular weight excluding hydrogens is 314 g/mol. The average Bonchev–Trinajstić information content (AvgIpc) is 2.59. The Morgan fingerprint density at radius 1 is 1.20 bits per heavy atom. The highest BCUT2D eigenvalue weighted by Gasteiger charge is 2.22. The van der Waals surface area contributed by atoms with Crippen LogP contribution in [0, 0.1) is 0 Å². The second-order valence-corrected chi connectivity index (χ2v) is 8.31. The smallest absolute Gasteiger partial charge is 0.123 e. The van der Waals surface area contributed by atoms with Gasteiger partial charge >= 0.3 is 0 Å². The van der Waals surface area contributed by atoms with E-state index in [1.165, 1.54) is 32.1 Å². The van der Waals surface area contributed by atoms with Gasteiger partial charge in [0.2, 0.25) is 0 Å². The molecule has 1 aliphatic carbocycles. The summed E-state index contributed by atoms with van der Waals surface area (Å²) in [5.74, 6) is 1.66. The van der Waals surface area contributed by atoms with Crippen molar-refractivity contribution in [3.8, 4) is 11.5 Å². The molecule has 1 aromatic rings. The van der Waals surface area contributed by atoms with E-state index in [2.05, 4.69) is 32.7 Å². The number of benzene rings is 1. The predicted octanol–water partition coefficient (Wildman–Crippen LogP) is 4.00. The van der Waals surface area contributed by atoms with Crippen molar-refractivity contribution in [2.24, 2.45) is 0 Å². The van der Waals surface area contributed by atoms with E-state index in [1.807, 2.05) is 18.2 Å². The van der Waals surface area contributed by atoms with Gasteiger partial charge in [-0.25, -0.2) is 0 Å². The summed E-state index contributed by atoms with van der Waals surface area (Å²) < 4.78 is 11.3. The molecule has 4 heteroatoms. The van der Waals surface area contributed by atoms with Crippen molar-refractivity contribution in [1.82, 2.24) is 4.90 Å². The van der Waals surface area contributed by atoms with E-state index < -0.39 is 6.10 Å². The molecule has 0 spiro atoms. The van der Waals surface area contributed by atoms with Crippen molar-refractivity contribution in [3.05, 3.63) is 23.8 Å². The van der Waals surface area contributed by atoms with Crippen LogP contribution in [0.5, 0.6) is 11.5 Å². The molecule has 1 aromatic carbocycles. The van der Waals surface area contributed by atoms with Crippen LogP contribution in [0.3, 0.4) is 0 Å². The van der Waals surface area contributed by atoms with Crippen LogP contribution < -0.4 is 9.47 Å². The molecule has 0 aromatic heterocycles. The zero-order valence-electron chi connectivity index (χ0n) is 16.5. The van der Waals surface area contributed by atoms with Gasteiger partial charge in [-0.3, -0.25) is 0 Å². The molecule has 2 rings (SSSR count).